The van der Waals surface area contributed by atoms with Gasteiger partial charge in [0.2, 0.25) is 0 Å². The van der Waals surface area contributed by atoms with E-state index in [9.17, 15) is 4.39 Å². The molecule has 2 heterocycles. The number of aryl methyl sites for hydroxylation is 1. The van der Waals surface area contributed by atoms with Gasteiger partial charge in [-0.05, 0) is 55.8 Å². The van der Waals surface area contributed by atoms with E-state index in [1.165, 1.54) is 12.1 Å². The number of anilines is 1. The minimum atomic E-state index is -0.292. The topological polar surface area (TPSA) is 42.7 Å². The molecule has 0 fully saturated rings. The third-order valence-electron chi connectivity index (χ3n) is 4.23. The van der Waals surface area contributed by atoms with Gasteiger partial charge in [0.25, 0.3) is 0 Å². The van der Waals surface area contributed by atoms with E-state index in [1.54, 1.807) is 23.0 Å². The predicted octanol–water partition coefficient (Wildman–Crippen LogP) is 5.48. The highest BCUT2D eigenvalue weighted by Crippen LogP contribution is 2.25. The second-order valence-electron chi connectivity index (χ2n) is 6.30. The van der Waals surface area contributed by atoms with Gasteiger partial charge in [-0.25, -0.2) is 14.1 Å². The Bertz CT molecular complexity index is 1030. The summed E-state index contributed by atoms with van der Waals surface area (Å²) in [7, 11) is 0. The van der Waals surface area contributed by atoms with Crippen LogP contribution in [0.25, 0.3) is 16.9 Å². The molecule has 0 atom stereocenters. The Balaban J connectivity index is 1.89. The fraction of sp³-hybridized carbons (Fsp3) is 0.130. The van der Waals surface area contributed by atoms with Crippen LogP contribution in [0.3, 0.4) is 0 Å². The quantitative estimate of drug-likeness (QED) is 0.557. The third-order valence-corrected chi connectivity index (χ3v) is 4.23. The summed E-state index contributed by atoms with van der Waals surface area (Å²) in [5.41, 5.74) is 4.50. The van der Waals surface area contributed by atoms with Gasteiger partial charge >= 0.3 is 0 Å². The van der Waals surface area contributed by atoms with E-state index in [0.717, 1.165) is 28.3 Å². The van der Waals surface area contributed by atoms with E-state index in [2.05, 4.69) is 22.0 Å². The summed E-state index contributed by atoms with van der Waals surface area (Å²) < 4.78 is 15.4. The molecule has 0 amide bonds. The number of allylic oxidation sites excluding steroid dienone is 3. The van der Waals surface area contributed by atoms with E-state index >= 15 is 0 Å². The normalized spacial score (nSPS) is 11.8. The molecule has 0 bridgehead atoms. The summed E-state index contributed by atoms with van der Waals surface area (Å²) >= 11 is 0. The first kappa shape index (κ1) is 19.3. The van der Waals surface area contributed by atoms with Gasteiger partial charge in [-0.3, -0.25) is 0 Å². The number of nitrogens with zero attached hydrogens (tertiary/aromatic N) is 3. The molecule has 3 rings (SSSR count). The second-order valence-corrected chi connectivity index (χ2v) is 6.30. The summed E-state index contributed by atoms with van der Waals surface area (Å²) in [6.07, 6.45) is 9.45. The third kappa shape index (κ3) is 4.62. The van der Waals surface area contributed by atoms with Gasteiger partial charge in [0.15, 0.2) is 0 Å². The summed E-state index contributed by atoms with van der Waals surface area (Å²) in [4.78, 5) is 4.40. The number of hydrogen-bond donors (Lipinski definition) is 1. The van der Waals surface area contributed by atoms with Crippen molar-refractivity contribution in [1.29, 1.82) is 0 Å². The number of nitrogens with one attached hydrogen (secondary N) is 1. The van der Waals surface area contributed by atoms with Crippen LogP contribution in [0.5, 0.6) is 0 Å². The van der Waals surface area contributed by atoms with Crippen molar-refractivity contribution < 1.29 is 4.39 Å². The maximum atomic E-state index is 13.7. The summed E-state index contributed by atoms with van der Waals surface area (Å²) in [6.45, 7) is 8.26. The molecule has 5 heteroatoms. The van der Waals surface area contributed by atoms with Crippen LogP contribution in [0.1, 0.15) is 12.6 Å². The molecule has 4 nitrogen and oxygen atoms in total. The maximum Gasteiger partial charge on any atom is 0.126 e. The lowest BCUT2D eigenvalue weighted by atomic mass is 10.1. The molecule has 0 unspecified atom stereocenters. The molecule has 1 N–H and O–H groups in total. The van der Waals surface area contributed by atoms with Crippen LogP contribution >= 0.6 is 0 Å². The van der Waals surface area contributed by atoms with Crippen molar-refractivity contribution >= 4 is 5.82 Å². The van der Waals surface area contributed by atoms with Gasteiger partial charge in [0.05, 0.1) is 17.1 Å². The van der Waals surface area contributed by atoms with Crippen molar-refractivity contribution in [2.45, 2.75) is 13.8 Å². The lowest BCUT2D eigenvalue weighted by Gasteiger charge is -2.10. The number of hydrogen-bond acceptors (Lipinski definition) is 3. The molecule has 1 aromatic carbocycles. The van der Waals surface area contributed by atoms with Gasteiger partial charge in [0.1, 0.15) is 11.6 Å². The number of rotatable bonds is 7. The Kier molecular flexibility index (Phi) is 6.17. The first-order valence-corrected chi connectivity index (χ1v) is 9.08. The van der Waals surface area contributed by atoms with Gasteiger partial charge in [-0.15, -0.1) is 0 Å². The van der Waals surface area contributed by atoms with Crippen LogP contribution in [-0.2, 0) is 0 Å². The Morgan fingerprint density at radius 1 is 1.25 bits per heavy atom. The van der Waals surface area contributed by atoms with Crippen LogP contribution in [0.15, 0.2) is 85.1 Å². The van der Waals surface area contributed by atoms with Crippen LogP contribution in [0, 0.1) is 12.7 Å². The highest BCUT2D eigenvalue weighted by molar-refractivity contribution is 5.65. The van der Waals surface area contributed by atoms with Crippen molar-refractivity contribution in [2.24, 2.45) is 0 Å². The van der Waals surface area contributed by atoms with Crippen LogP contribution < -0.4 is 5.32 Å². The van der Waals surface area contributed by atoms with Crippen LogP contribution in [0.2, 0.25) is 0 Å². The van der Waals surface area contributed by atoms with Gasteiger partial charge < -0.3 is 5.32 Å². The van der Waals surface area contributed by atoms with Crippen molar-refractivity contribution in [3.05, 3.63) is 96.6 Å². The highest BCUT2D eigenvalue weighted by atomic mass is 19.1. The first-order valence-electron chi connectivity index (χ1n) is 9.08. The number of pyridine rings is 1. The Morgan fingerprint density at radius 2 is 2.11 bits per heavy atom. The fourth-order valence-corrected chi connectivity index (χ4v) is 2.84. The molecule has 0 aliphatic carbocycles. The van der Waals surface area contributed by atoms with E-state index in [4.69, 9.17) is 0 Å². The molecular formula is C23H23FN4. The molecule has 0 saturated carbocycles. The minimum absolute atomic E-state index is 0.292. The lowest BCUT2D eigenvalue weighted by molar-refractivity contribution is 0.625. The van der Waals surface area contributed by atoms with E-state index in [0.29, 0.717) is 12.2 Å². The van der Waals surface area contributed by atoms with Crippen molar-refractivity contribution in [3.8, 4) is 16.9 Å². The SMILES string of the molecule is C=C/C=C\C(=C/C)CNc1cc(-c2cc(C)nn2-c2cccc(F)c2)ccn1. The summed E-state index contributed by atoms with van der Waals surface area (Å²) in [6, 6.07) is 12.3. The fourth-order valence-electron chi connectivity index (χ4n) is 2.84. The molecule has 0 aliphatic rings. The monoisotopic (exact) mass is 374 g/mol. The molecule has 0 saturated heterocycles. The zero-order chi connectivity index (χ0) is 19.9. The predicted molar refractivity (Wildman–Crippen MR) is 113 cm³/mol. The van der Waals surface area contributed by atoms with E-state index < -0.39 is 0 Å². The first-order chi connectivity index (χ1) is 13.6. The van der Waals surface area contributed by atoms with E-state index in [-0.39, 0.29) is 5.82 Å². The molecular weight excluding hydrogens is 351 g/mol. The van der Waals surface area contributed by atoms with E-state index in [1.807, 2.05) is 56.3 Å². The minimum Gasteiger partial charge on any atom is -0.366 e. The molecule has 0 aliphatic heterocycles. The summed E-state index contributed by atoms with van der Waals surface area (Å²) in [5.74, 6) is 0.466. The zero-order valence-corrected chi connectivity index (χ0v) is 16.1. The number of benzene rings is 1. The summed E-state index contributed by atoms with van der Waals surface area (Å²) in [5, 5.41) is 7.87. The molecule has 28 heavy (non-hydrogen) atoms. The second kappa shape index (κ2) is 8.95. The number of halogens is 1. The standard InChI is InChI=1S/C23H23FN4/c1-4-6-8-18(5-2)16-26-23-14-19(11-12-25-23)22-13-17(3)27-28(22)21-10-7-9-20(24)15-21/h4-15H,1,16H2,2-3H3,(H,25,26)/b8-6-,18-5+. The Labute approximate surface area is 164 Å². The average Bonchev–Trinajstić information content (AvgIpc) is 3.10. The zero-order valence-electron chi connectivity index (χ0n) is 16.1. The molecule has 3 aromatic rings. The lowest BCUT2D eigenvalue weighted by Crippen LogP contribution is -2.05. The van der Waals surface area contributed by atoms with Crippen molar-refractivity contribution in [2.75, 3.05) is 11.9 Å². The van der Waals surface area contributed by atoms with Gasteiger partial charge in [-0.1, -0.05) is 36.9 Å². The Morgan fingerprint density at radius 3 is 2.86 bits per heavy atom. The van der Waals surface area contributed by atoms with Crippen LogP contribution in [0.4, 0.5) is 10.2 Å². The highest BCUT2D eigenvalue weighted by Gasteiger charge is 2.11. The largest absolute Gasteiger partial charge is 0.366 e. The van der Waals surface area contributed by atoms with Crippen LogP contribution in [-0.4, -0.2) is 21.3 Å². The molecule has 0 spiro atoms. The van der Waals surface area contributed by atoms with Gasteiger partial charge in [0, 0.05) is 18.3 Å². The van der Waals surface area contributed by atoms with Gasteiger partial charge in [-0.2, -0.15) is 5.10 Å². The number of aromatic nitrogens is 3. The molecule has 142 valence electrons. The maximum absolute atomic E-state index is 13.7. The molecule has 0 radical (unpaired) electrons. The average molecular weight is 374 g/mol. The van der Waals surface area contributed by atoms with Crippen molar-refractivity contribution in [1.82, 2.24) is 14.8 Å². The smallest absolute Gasteiger partial charge is 0.126 e. The Hall–Kier alpha value is -3.47. The van der Waals surface area contributed by atoms with Crippen molar-refractivity contribution in [3.63, 3.8) is 0 Å². The molecule has 2 aromatic heterocycles.